The van der Waals surface area contributed by atoms with E-state index in [4.69, 9.17) is 0 Å². The summed E-state index contributed by atoms with van der Waals surface area (Å²) in [4.78, 5) is 18.0. The maximum Gasteiger partial charge on any atom is 0.146 e. The number of hydrogen-bond donors (Lipinski definition) is 2. The molecule has 5 aromatic rings. The van der Waals surface area contributed by atoms with E-state index in [1.165, 1.54) is 30.3 Å². The van der Waals surface area contributed by atoms with Gasteiger partial charge in [0.05, 0.1) is 29.3 Å². The number of nitrogens with zero attached hydrogens (tertiary/aromatic N) is 6. The van der Waals surface area contributed by atoms with Crippen molar-refractivity contribution in [2.45, 2.75) is 64.2 Å². The lowest BCUT2D eigenvalue weighted by Crippen LogP contribution is -2.15. The Hall–Kier alpha value is -4.92. The maximum atomic E-state index is 15.5. The van der Waals surface area contributed by atoms with Crippen molar-refractivity contribution in [2.24, 2.45) is 5.92 Å². The van der Waals surface area contributed by atoms with E-state index >= 15 is 4.39 Å². The Morgan fingerprint density at radius 3 is 2.61 bits per heavy atom. The third-order valence-corrected chi connectivity index (χ3v) is 8.65. The van der Waals surface area contributed by atoms with Gasteiger partial charge in [-0.1, -0.05) is 25.6 Å². The SMILES string of the molecule is C=CCCC(CCNC=C)Cc1cc2c(Nc3ccc(Cc4ccn(-c5cnc(C6CC6)nc5)n4)cc3F)ncnc2cc1CC. The molecule has 1 atom stereocenters. The molecule has 3 aromatic heterocycles. The van der Waals surface area contributed by atoms with E-state index in [1.807, 2.05) is 36.8 Å². The number of halogens is 1. The van der Waals surface area contributed by atoms with Gasteiger partial charge in [-0.3, -0.25) is 0 Å². The number of rotatable bonds is 16. The highest BCUT2D eigenvalue weighted by molar-refractivity contribution is 5.91. The van der Waals surface area contributed by atoms with Crippen LogP contribution in [0.4, 0.5) is 15.9 Å². The average molecular weight is 617 g/mol. The van der Waals surface area contributed by atoms with Gasteiger partial charge >= 0.3 is 0 Å². The van der Waals surface area contributed by atoms with Gasteiger partial charge in [-0.05, 0) is 104 Å². The molecule has 3 heterocycles. The molecule has 0 radical (unpaired) electrons. The molecule has 1 fully saturated rings. The van der Waals surface area contributed by atoms with Crippen molar-refractivity contribution < 1.29 is 4.39 Å². The van der Waals surface area contributed by atoms with E-state index in [-0.39, 0.29) is 5.82 Å². The Balaban J connectivity index is 1.18. The van der Waals surface area contributed by atoms with Crippen LogP contribution in [0.15, 0.2) is 86.7 Å². The second-order valence-electron chi connectivity index (χ2n) is 12.0. The summed E-state index contributed by atoms with van der Waals surface area (Å²) < 4.78 is 17.2. The van der Waals surface area contributed by atoms with Crippen molar-refractivity contribution in [1.82, 2.24) is 35.0 Å². The molecule has 1 unspecified atom stereocenters. The zero-order valence-electron chi connectivity index (χ0n) is 26.4. The number of hydrogen-bond acceptors (Lipinski definition) is 7. The number of benzene rings is 2. The molecule has 2 N–H and O–H groups in total. The van der Waals surface area contributed by atoms with Gasteiger partial charge in [0, 0.05) is 30.5 Å². The van der Waals surface area contributed by atoms with Gasteiger partial charge in [0.25, 0.3) is 0 Å². The Labute approximate surface area is 269 Å². The molecule has 0 amide bonds. The third kappa shape index (κ3) is 7.47. The van der Waals surface area contributed by atoms with Crippen LogP contribution < -0.4 is 10.6 Å². The van der Waals surface area contributed by atoms with Crippen LogP contribution in [0.1, 0.15) is 73.2 Å². The van der Waals surface area contributed by atoms with Crippen LogP contribution in [-0.2, 0) is 19.3 Å². The summed E-state index contributed by atoms with van der Waals surface area (Å²) in [6.45, 7) is 10.8. The molecular formula is C37H41FN8. The van der Waals surface area contributed by atoms with Gasteiger partial charge in [-0.2, -0.15) is 5.10 Å². The minimum atomic E-state index is -0.350. The minimum absolute atomic E-state index is 0.350. The summed E-state index contributed by atoms with van der Waals surface area (Å²) in [6, 6.07) is 11.5. The maximum absolute atomic E-state index is 15.5. The molecule has 0 spiro atoms. The summed E-state index contributed by atoms with van der Waals surface area (Å²) in [5.41, 5.74) is 6.23. The van der Waals surface area contributed by atoms with Crippen molar-refractivity contribution in [3.8, 4) is 5.69 Å². The van der Waals surface area contributed by atoms with E-state index in [9.17, 15) is 0 Å². The monoisotopic (exact) mass is 616 g/mol. The van der Waals surface area contributed by atoms with Crippen LogP contribution in [0.5, 0.6) is 0 Å². The summed E-state index contributed by atoms with van der Waals surface area (Å²) in [6.07, 6.45) is 18.5. The van der Waals surface area contributed by atoms with Crippen LogP contribution in [0.3, 0.4) is 0 Å². The van der Waals surface area contributed by atoms with Crippen LogP contribution >= 0.6 is 0 Å². The smallest absolute Gasteiger partial charge is 0.146 e. The fourth-order valence-electron chi connectivity index (χ4n) is 5.92. The van der Waals surface area contributed by atoms with Gasteiger partial charge in [-0.15, -0.1) is 6.58 Å². The van der Waals surface area contributed by atoms with E-state index in [1.54, 1.807) is 23.0 Å². The van der Waals surface area contributed by atoms with Crippen molar-refractivity contribution in [3.63, 3.8) is 0 Å². The lowest BCUT2D eigenvalue weighted by atomic mass is 9.88. The highest BCUT2D eigenvalue weighted by Crippen LogP contribution is 2.37. The second-order valence-corrected chi connectivity index (χ2v) is 12.0. The highest BCUT2D eigenvalue weighted by Gasteiger charge is 2.26. The Morgan fingerprint density at radius 2 is 1.87 bits per heavy atom. The largest absolute Gasteiger partial charge is 0.391 e. The molecule has 1 aliphatic carbocycles. The highest BCUT2D eigenvalue weighted by atomic mass is 19.1. The predicted molar refractivity (Wildman–Crippen MR) is 182 cm³/mol. The first-order valence-corrected chi connectivity index (χ1v) is 16.2. The van der Waals surface area contributed by atoms with E-state index < -0.39 is 0 Å². The molecule has 0 saturated heterocycles. The fourth-order valence-corrected chi connectivity index (χ4v) is 5.92. The first kappa shape index (κ1) is 31.1. The summed E-state index contributed by atoms with van der Waals surface area (Å²) in [5.74, 6) is 2.14. The molecule has 8 nitrogen and oxygen atoms in total. The lowest BCUT2D eigenvalue weighted by molar-refractivity contribution is 0.446. The third-order valence-electron chi connectivity index (χ3n) is 8.65. The number of aromatic nitrogens is 6. The van der Waals surface area contributed by atoms with Gasteiger partial charge in [0.1, 0.15) is 29.5 Å². The predicted octanol–water partition coefficient (Wildman–Crippen LogP) is 7.77. The molecule has 2 aromatic carbocycles. The molecule has 0 bridgehead atoms. The number of allylic oxidation sites excluding steroid dienone is 1. The zero-order valence-corrected chi connectivity index (χ0v) is 26.4. The number of nitrogens with one attached hydrogen (secondary N) is 2. The standard InChI is InChI=1S/C37H41FN8/c1-4-7-8-25(13-15-39-6-3)17-29-20-32-35(21-27(29)5-2)42-24-43-37(32)44-34-12-9-26(19-33(34)38)18-30-14-16-46(45-30)31-22-40-36(41-23-31)28-10-11-28/h4,6,9,12,14,16,19-25,28,39H,1,3,5,7-8,10-11,13,15,17-18H2,2H3,(H,42,43,44). The molecule has 1 aliphatic rings. The summed E-state index contributed by atoms with van der Waals surface area (Å²) in [7, 11) is 0. The topological polar surface area (TPSA) is 93.4 Å². The summed E-state index contributed by atoms with van der Waals surface area (Å²) >= 11 is 0. The van der Waals surface area contributed by atoms with Gasteiger partial charge in [-0.25, -0.2) is 29.0 Å². The van der Waals surface area contributed by atoms with Gasteiger partial charge in [0.15, 0.2) is 0 Å². The Morgan fingerprint density at radius 1 is 1.02 bits per heavy atom. The first-order chi connectivity index (χ1) is 22.5. The van der Waals surface area contributed by atoms with E-state index in [0.717, 1.165) is 72.3 Å². The van der Waals surface area contributed by atoms with Crippen LogP contribution in [0.2, 0.25) is 0 Å². The number of aryl methyl sites for hydroxylation is 1. The van der Waals surface area contributed by atoms with Gasteiger partial charge < -0.3 is 10.6 Å². The van der Waals surface area contributed by atoms with E-state index in [2.05, 4.69) is 67.9 Å². The van der Waals surface area contributed by atoms with Crippen molar-refractivity contribution in [3.05, 3.63) is 121 Å². The molecule has 1 saturated carbocycles. The Bertz CT molecular complexity index is 1810. The van der Waals surface area contributed by atoms with Crippen LogP contribution in [-0.4, -0.2) is 36.3 Å². The molecule has 0 aliphatic heterocycles. The van der Waals surface area contributed by atoms with Crippen molar-refractivity contribution >= 4 is 22.4 Å². The molecule has 236 valence electrons. The fraction of sp³-hybridized carbons (Fsp3) is 0.324. The van der Waals surface area contributed by atoms with Gasteiger partial charge in [0.2, 0.25) is 0 Å². The normalized spacial score (nSPS) is 13.4. The second kappa shape index (κ2) is 14.5. The molecule has 9 heteroatoms. The number of anilines is 2. The Kier molecular flexibility index (Phi) is 9.76. The average Bonchev–Trinajstić information content (AvgIpc) is 3.83. The van der Waals surface area contributed by atoms with Crippen molar-refractivity contribution in [1.29, 1.82) is 0 Å². The minimum Gasteiger partial charge on any atom is -0.391 e. The van der Waals surface area contributed by atoms with Crippen LogP contribution in [0.25, 0.3) is 16.6 Å². The lowest BCUT2D eigenvalue weighted by Gasteiger charge is -2.19. The molecule has 6 rings (SSSR count). The quantitative estimate of drug-likeness (QED) is 0.0864. The zero-order chi connectivity index (χ0) is 31.9. The molecular weight excluding hydrogens is 575 g/mol. The van der Waals surface area contributed by atoms with E-state index in [0.29, 0.717) is 29.8 Å². The first-order valence-electron chi connectivity index (χ1n) is 16.2. The van der Waals surface area contributed by atoms with Crippen molar-refractivity contribution in [2.75, 3.05) is 11.9 Å². The van der Waals surface area contributed by atoms with Crippen LogP contribution in [0, 0.1) is 11.7 Å². The summed E-state index contributed by atoms with van der Waals surface area (Å²) in [5, 5.41) is 12.0. The number of fused-ring (bicyclic) bond motifs is 1. The molecule has 46 heavy (non-hydrogen) atoms.